The third kappa shape index (κ3) is 2.67. The van der Waals surface area contributed by atoms with Crippen LogP contribution in [0.2, 0.25) is 0 Å². The largest absolute Gasteiger partial charge is 0.422 e. The van der Waals surface area contributed by atoms with Crippen molar-refractivity contribution in [1.29, 1.82) is 0 Å². The Balaban J connectivity index is 2.13. The zero-order valence-corrected chi connectivity index (χ0v) is 11.7. The number of non-ortho nitro benzene ring substituents is 1. The van der Waals surface area contributed by atoms with Gasteiger partial charge in [0.2, 0.25) is 0 Å². The number of rotatable bonds is 4. The highest BCUT2D eigenvalue weighted by Gasteiger charge is 2.14. The van der Waals surface area contributed by atoms with Crippen LogP contribution in [0.4, 0.5) is 17.1 Å². The second-order valence-corrected chi connectivity index (χ2v) is 4.72. The molecule has 7 heteroatoms. The fourth-order valence-corrected chi connectivity index (χ4v) is 2.22. The Bertz CT molecular complexity index is 960. The molecule has 1 heterocycles. The second-order valence-electron chi connectivity index (χ2n) is 4.72. The zero-order chi connectivity index (χ0) is 16.4. The molecule has 114 valence electrons. The number of anilines is 2. The highest BCUT2D eigenvalue weighted by molar-refractivity contribution is 6.00. The first-order valence-corrected chi connectivity index (χ1v) is 6.62. The Kier molecular flexibility index (Phi) is 3.60. The smallest absolute Gasteiger partial charge is 0.349 e. The molecule has 0 amide bonds. The molecule has 7 nitrogen and oxygen atoms in total. The summed E-state index contributed by atoms with van der Waals surface area (Å²) in [5, 5.41) is 14.2. The van der Waals surface area contributed by atoms with Gasteiger partial charge in [-0.3, -0.25) is 14.9 Å². The number of hydrogen-bond donors (Lipinski definition) is 1. The van der Waals surface area contributed by atoms with Gasteiger partial charge in [0.05, 0.1) is 10.6 Å². The first-order chi connectivity index (χ1) is 11.1. The molecular weight excluding hydrogens is 300 g/mol. The first-order valence-electron chi connectivity index (χ1n) is 6.62. The SMILES string of the molecule is O=Cc1c(Nc2ccc([N+](=O)[O-])cc2)c2ccccc2oc1=O. The Morgan fingerprint density at radius 2 is 1.78 bits per heavy atom. The topological polar surface area (TPSA) is 102 Å². The molecule has 0 saturated heterocycles. The summed E-state index contributed by atoms with van der Waals surface area (Å²) in [6, 6.07) is 12.4. The predicted molar refractivity (Wildman–Crippen MR) is 84.3 cm³/mol. The maximum atomic E-state index is 11.9. The minimum Gasteiger partial charge on any atom is -0.422 e. The maximum absolute atomic E-state index is 11.9. The van der Waals surface area contributed by atoms with E-state index in [1.807, 2.05) is 0 Å². The van der Waals surface area contributed by atoms with Crippen LogP contribution in [-0.2, 0) is 0 Å². The molecule has 2 aromatic carbocycles. The van der Waals surface area contributed by atoms with Gasteiger partial charge in [-0.1, -0.05) is 12.1 Å². The molecule has 0 aliphatic rings. The van der Waals surface area contributed by atoms with Crippen LogP contribution in [0.1, 0.15) is 10.4 Å². The van der Waals surface area contributed by atoms with E-state index in [9.17, 15) is 19.7 Å². The molecule has 23 heavy (non-hydrogen) atoms. The summed E-state index contributed by atoms with van der Waals surface area (Å²) in [4.78, 5) is 33.3. The molecule has 0 saturated carbocycles. The van der Waals surface area contributed by atoms with Crippen molar-refractivity contribution in [1.82, 2.24) is 0 Å². The van der Waals surface area contributed by atoms with E-state index in [0.717, 1.165) is 0 Å². The van der Waals surface area contributed by atoms with Gasteiger partial charge in [0, 0.05) is 23.2 Å². The molecular formula is C16H10N2O5. The molecule has 0 bridgehead atoms. The van der Waals surface area contributed by atoms with Crippen LogP contribution < -0.4 is 10.9 Å². The number of benzene rings is 2. The summed E-state index contributed by atoms with van der Waals surface area (Å²) in [6.45, 7) is 0. The molecule has 0 fully saturated rings. The van der Waals surface area contributed by atoms with Crippen molar-refractivity contribution in [2.24, 2.45) is 0 Å². The van der Waals surface area contributed by atoms with Gasteiger partial charge in [0.15, 0.2) is 6.29 Å². The quantitative estimate of drug-likeness (QED) is 0.343. The van der Waals surface area contributed by atoms with E-state index in [4.69, 9.17) is 4.42 Å². The molecule has 0 aliphatic carbocycles. The van der Waals surface area contributed by atoms with E-state index < -0.39 is 10.5 Å². The Hall–Kier alpha value is -3.48. The lowest BCUT2D eigenvalue weighted by Crippen LogP contribution is -2.10. The minimum absolute atomic E-state index is 0.0522. The fourth-order valence-electron chi connectivity index (χ4n) is 2.22. The maximum Gasteiger partial charge on any atom is 0.349 e. The van der Waals surface area contributed by atoms with Crippen LogP contribution >= 0.6 is 0 Å². The van der Waals surface area contributed by atoms with Gasteiger partial charge in [0.1, 0.15) is 11.1 Å². The van der Waals surface area contributed by atoms with E-state index in [2.05, 4.69) is 5.32 Å². The fraction of sp³-hybridized carbons (Fsp3) is 0. The summed E-state index contributed by atoms with van der Waals surface area (Å²) < 4.78 is 5.10. The van der Waals surface area contributed by atoms with E-state index in [1.54, 1.807) is 24.3 Å². The highest BCUT2D eigenvalue weighted by atomic mass is 16.6. The van der Waals surface area contributed by atoms with Crippen LogP contribution in [0.3, 0.4) is 0 Å². The lowest BCUT2D eigenvalue weighted by Gasteiger charge is -2.10. The summed E-state index contributed by atoms with van der Waals surface area (Å²) >= 11 is 0. The van der Waals surface area contributed by atoms with Crippen molar-refractivity contribution in [3.05, 3.63) is 74.6 Å². The number of para-hydroxylation sites is 1. The van der Waals surface area contributed by atoms with Crippen molar-refractivity contribution in [2.75, 3.05) is 5.32 Å². The van der Waals surface area contributed by atoms with E-state index in [-0.39, 0.29) is 11.3 Å². The van der Waals surface area contributed by atoms with Crippen LogP contribution in [0, 0.1) is 10.1 Å². The van der Waals surface area contributed by atoms with Crippen molar-refractivity contribution >= 4 is 34.3 Å². The van der Waals surface area contributed by atoms with Gasteiger partial charge in [-0.25, -0.2) is 4.79 Å². The number of nitro benzene ring substituents is 1. The molecule has 1 aromatic heterocycles. The van der Waals surface area contributed by atoms with Crippen molar-refractivity contribution in [3.63, 3.8) is 0 Å². The van der Waals surface area contributed by atoms with Crippen LogP contribution in [0.5, 0.6) is 0 Å². The summed E-state index contributed by atoms with van der Waals surface area (Å²) in [5.74, 6) is 0. The second kappa shape index (κ2) is 5.72. The van der Waals surface area contributed by atoms with Crippen LogP contribution in [-0.4, -0.2) is 11.2 Å². The number of nitrogens with one attached hydrogen (secondary N) is 1. The molecule has 0 atom stereocenters. The molecule has 3 rings (SSSR count). The number of hydrogen-bond acceptors (Lipinski definition) is 6. The average molecular weight is 310 g/mol. The van der Waals surface area contributed by atoms with Gasteiger partial charge in [-0.15, -0.1) is 0 Å². The Morgan fingerprint density at radius 3 is 2.43 bits per heavy atom. The van der Waals surface area contributed by atoms with Crippen molar-refractivity contribution in [3.8, 4) is 0 Å². The third-order valence-corrected chi connectivity index (χ3v) is 3.31. The molecule has 3 aromatic rings. The monoisotopic (exact) mass is 310 g/mol. The van der Waals surface area contributed by atoms with Gasteiger partial charge in [-0.05, 0) is 24.3 Å². The minimum atomic E-state index is -0.747. The molecule has 0 radical (unpaired) electrons. The van der Waals surface area contributed by atoms with Crippen molar-refractivity contribution < 1.29 is 14.1 Å². The zero-order valence-electron chi connectivity index (χ0n) is 11.7. The Morgan fingerprint density at radius 1 is 1.09 bits per heavy atom. The van der Waals surface area contributed by atoms with Crippen LogP contribution in [0.25, 0.3) is 11.0 Å². The number of carbonyl (C=O) groups excluding carboxylic acids is 1. The average Bonchev–Trinajstić information content (AvgIpc) is 2.55. The lowest BCUT2D eigenvalue weighted by atomic mass is 10.1. The number of nitro groups is 1. The summed E-state index contributed by atoms with van der Waals surface area (Å²) in [7, 11) is 0. The van der Waals surface area contributed by atoms with Crippen molar-refractivity contribution in [2.45, 2.75) is 0 Å². The first kappa shape index (κ1) is 14.5. The number of aldehydes is 1. The molecule has 0 aliphatic heterocycles. The normalized spacial score (nSPS) is 10.4. The molecule has 1 N–H and O–H groups in total. The van der Waals surface area contributed by atoms with E-state index in [0.29, 0.717) is 28.6 Å². The molecule has 0 unspecified atom stereocenters. The predicted octanol–water partition coefficient (Wildman–Crippen LogP) is 3.26. The summed E-state index contributed by atoms with van der Waals surface area (Å²) in [6.07, 6.45) is 0.423. The standard InChI is InChI=1S/C16H10N2O5/c19-9-13-15(12-3-1-2-4-14(12)23-16(13)20)17-10-5-7-11(8-6-10)18(21)22/h1-9,17H. The highest BCUT2D eigenvalue weighted by Crippen LogP contribution is 2.28. The number of carbonyl (C=O) groups is 1. The summed E-state index contributed by atoms with van der Waals surface area (Å²) in [5.41, 5.74) is 0.219. The number of fused-ring (bicyclic) bond motifs is 1. The third-order valence-electron chi connectivity index (χ3n) is 3.31. The van der Waals surface area contributed by atoms with Gasteiger partial charge >= 0.3 is 5.63 Å². The van der Waals surface area contributed by atoms with Gasteiger partial charge in [-0.2, -0.15) is 0 Å². The van der Waals surface area contributed by atoms with E-state index >= 15 is 0 Å². The van der Waals surface area contributed by atoms with Crippen LogP contribution in [0.15, 0.2) is 57.7 Å². The molecule has 0 spiro atoms. The van der Waals surface area contributed by atoms with Gasteiger partial charge in [0.25, 0.3) is 5.69 Å². The number of nitrogens with zero attached hydrogens (tertiary/aromatic N) is 1. The van der Waals surface area contributed by atoms with Gasteiger partial charge < -0.3 is 9.73 Å². The van der Waals surface area contributed by atoms with E-state index in [1.165, 1.54) is 24.3 Å². The lowest BCUT2D eigenvalue weighted by molar-refractivity contribution is -0.384. The Labute approximate surface area is 129 Å².